The monoisotopic (exact) mass is 261 g/mol. The van der Waals surface area contributed by atoms with Gasteiger partial charge >= 0.3 is 0 Å². The van der Waals surface area contributed by atoms with Gasteiger partial charge in [0.25, 0.3) is 0 Å². The normalized spacial score (nSPS) is 20.3. The lowest BCUT2D eigenvalue weighted by atomic mass is 10.0. The number of anilines is 1. The predicted octanol–water partition coefficient (Wildman–Crippen LogP) is 3.66. The summed E-state index contributed by atoms with van der Waals surface area (Å²) in [6.07, 6.45) is 3.74. The zero-order chi connectivity index (χ0) is 12.5. The van der Waals surface area contributed by atoms with Gasteiger partial charge in [-0.05, 0) is 49.9 Å². The van der Waals surface area contributed by atoms with E-state index in [2.05, 4.69) is 27.9 Å². The first-order valence-electron chi connectivity index (χ1n) is 6.44. The highest BCUT2D eigenvalue weighted by molar-refractivity contribution is 6.28. The van der Waals surface area contributed by atoms with E-state index in [9.17, 15) is 0 Å². The molecule has 0 spiro atoms. The maximum absolute atomic E-state index is 6.04. The maximum Gasteiger partial charge on any atom is 0.224 e. The number of piperidine rings is 1. The lowest BCUT2D eigenvalue weighted by Crippen LogP contribution is -2.38. The van der Waals surface area contributed by atoms with E-state index >= 15 is 0 Å². The van der Waals surface area contributed by atoms with Gasteiger partial charge in [-0.1, -0.05) is 12.1 Å². The quantitative estimate of drug-likeness (QED) is 0.734. The summed E-state index contributed by atoms with van der Waals surface area (Å²) < 4.78 is 0. The van der Waals surface area contributed by atoms with Crippen molar-refractivity contribution < 1.29 is 0 Å². The Morgan fingerprint density at radius 3 is 2.89 bits per heavy atom. The molecule has 18 heavy (non-hydrogen) atoms. The SMILES string of the molecule is C[C@H]1CCCCN1c1nc(Cl)nc2ccccc12. The minimum absolute atomic E-state index is 0.335. The molecule has 3 rings (SSSR count). The molecule has 0 amide bonds. The molecule has 1 aromatic carbocycles. The standard InChI is InChI=1S/C14H16ClN3/c1-10-6-4-5-9-18(10)13-11-7-2-3-8-12(11)16-14(15)17-13/h2-3,7-8,10H,4-6,9H2,1H3/t10-/m0/s1. The first kappa shape index (κ1) is 11.7. The molecule has 0 aliphatic carbocycles. The molecule has 2 aromatic rings. The number of benzene rings is 1. The molecule has 1 aliphatic rings. The van der Waals surface area contributed by atoms with Crippen LogP contribution in [0.2, 0.25) is 5.28 Å². The molecule has 94 valence electrons. The number of halogens is 1. The third kappa shape index (κ3) is 2.03. The van der Waals surface area contributed by atoms with Crippen LogP contribution in [0.25, 0.3) is 10.9 Å². The fraction of sp³-hybridized carbons (Fsp3) is 0.429. The molecule has 1 atom stereocenters. The van der Waals surface area contributed by atoms with Crippen molar-refractivity contribution >= 4 is 28.3 Å². The van der Waals surface area contributed by atoms with Crippen LogP contribution in [0.4, 0.5) is 5.82 Å². The van der Waals surface area contributed by atoms with Crippen LogP contribution in [-0.4, -0.2) is 22.6 Å². The van der Waals surface area contributed by atoms with Crippen LogP contribution in [0.3, 0.4) is 0 Å². The van der Waals surface area contributed by atoms with Crippen molar-refractivity contribution in [3.05, 3.63) is 29.5 Å². The van der Waals surface area contributed by atoms with Crippen molar-refractivity contribution in [1.29, 1.82) is 0 Å². The Morgan fingerprint density at radius 2 is 2.06 bits per heavy atom. The second-order valence-electron chi connectivity index (χ2n) is 4.87. The van der Waals surface area contributed by atoms with E-state index in [4.69, 9.17) is 11.6 Å². The van der Waals surface area contributed by atoms with Crippen LogP contribution in [0.5, 0.6) is 0 Å². The summed E-state index contributed by atoms with van der Waals surface area (Å²) in [6.45, 7) is 3.31. The zero-order valence-corrected chi connectivity index (χ0v) is 11.2. The van der Waals surface area contributed by atoms with Crippen molar-refractivity contribution in [2.75, 3.05) is 11.4 Å². The molecule has 0 bridgehead atoms. The Labute approximate surface area is 112 Å². The second-order valence-corrected chi connectivity index (χ2v) is 5.21. The summed E-state index contributed by atoms with van der Waals surface area (Å²) in [5, 5.41) is 1.43. The lowest BCUT2D eigenvalue weighted by Gasteiger charge is -2.35. The fourth-order valence-electron chi connectivity index (χ4n) is 2.66. The average molecular weight is 262 g/mol. The highest BCUT2D eigenvalue weighted by Crippen LogP contribution is 2.30. The van der Waals surface area contributed by atoms with E-state index in [1.54, 1.807) is 0 Å². The number of fused-ring (bicyclic) bond motifs is 1. The minimum atomic E-state index is 0.335. The van der Waals surface area contributed by atoms with E-state index < -0.39 is 0 Å². The molecule has 1 fully saturated rings. The number of rotatable bonds is 1. The Hall–Kier alpha value is -1.35. The van der Waals surface area contributed by atoms with Gasteiger partial charge in [-0.15, -0.1) is 0 Å². The van der Waals surface area contributed by atoms with Gasteiger partial charge in [0.15, 0.2) is 0 Å². The predicted molar refractivity (Wildman–Crippen MR) is 75.2 cm³/mol. The minimum Gasteiger partial charge on any atom is -0.353 e. The van der Waals surface area contributed by atoms with E-state index in [0.29, 0.717) is 11.3 Å². The molecule has 1 aliphatic heterocycles. The summed E-state index contributed by atoms with van der Waals surface area (Å²) in [4.78, 5) is 11.1. The molecule has 1 saturated heterocycles. The molecule has 4 heteroatoms. The smallest absolute Gasteiger partial charge is 0.224 e. The third-order valence-corrected chi connectivity index (χ3v) is 3.80. The summed E-state index contributed by atoms with van der Waals surface area (Å²) >= 11 is 6.04. The van der Waals surface area contributed by atoms with Crippen molar-refractivity contribution in [3.8, 4) is 0 Å². The molecule has 3 nitrogen and oxygen atoms in total. The Bertz CT molecular complexity index is 570. The Morgan fingerprint density at radius 1 is 1.22 bits per heavy atom. The molecular weight excluding hydrogens is 246 g/mol. The van der Waals surface area contributed by atoms with E-state index in [1.165, 1.54) is 19.3 Å². The summed E-state index contributed by atoms with van der Waals surface area (Å²) in [5.41, 5.74) is 0.922. The molecule has 2 heterocycles. The van der Waals surface area contributed by atoms with Gasteiger partial charge < -0.3 is 4.90 Å². The first-order chi connectivity index (χ1) is 8.75. The highest BCUT2D eigenvalue weighted by atomic mass is 35.5. The van der Waals surface area contributed by atoms with Crippen molar-refractivity contribution in [2.24, 2.45) is 0 Å². The fourth-order valence-corrected chi connectivity index (χ4v) is 2.84. The van der Waals surface area contributed by atoms with E-state index in [1.807, 2.05) is 18.2 Å². The Kier molecular flexibility index (Phi) is 3.08. The number of aromatic nitrogens is 2. The van der Waals surface area contributed by atoms with Gasteiger partial charge in [0, 0.05) is 18.0 Å². The van der Waals surface area contributed by atoms with Gasteiger partial charge in [-0.25, -0.2) is 4.98 Å². The highest BCUT2D eigenvalue weighted by Gasteiger charge is 2.22. The largest absolute Gasteiger partial charge is 0.353 e. The number of hydrogen-bond donors (Lipinski definition) is 0. The van der Waals surface area contributed by atoms with Gasteiger partial charge in [-0.3, -0.25) is 0 Å². The van der Waals surface area contributed by atoms with Crippen molar-refractivity contribution in [1.82, 2.24) is 9.97 Å². The zero-order valence-electron chi connectivity index (χ0n) is 10.4. The van der Waals surface area contributed by atoms with Gasteiger partial charge in [-0.2, -0.15) is 4.98 Å². The molecular formula is C14H16ClN3. The molecule has 0 radical (unpaired) electrons. The third-order valence-electron chi connectivity index (χ3n) is 3.63. The Balaban J connectivity index is 2.15. The van der Waals surface area contributed by atoms with Crippen LogP contribution in [-0.2, 0) is 0 Å². The van der Waals surface area contributed by atoms with Crippen LogP contribution in [0.15, 0.2) is 24.3 Å². The first-order valence-corrected chi connectivity index (χ1v) is 6.82. The number of hydrogen-bond acceptors (Lipinski definition) is 3. The van der Waals surface area contributed by atoms with E-state index in [0.717, 1.165) is 23.3 Å². The molecule has 0 unspecified atom stereocenters. The van der Waals surface area contributed by atoms with Crippen LogP contribution >= 0.6 is 11.6 Å². The summed E-state index contributed by atoms with van der Waals surface area (Å²) in [5.74, 6) is 0.984. The van der Waals surface area contributed by atoms with Gasteiger partial charge in [0.1, 0.15) is 5.82 Å². The van der Waals surface area contributed by atoms with Crippen LogP contribution < -0.4 is 4.90 Å². The summed E-state index contributed by atoms with van der Waals surface area (Å²) in [6, 6.07) is 8.59. The van der Waals surface area contributed by atoms with Gasteiger partial charge in [0.2, 0.25) is 5.28 Å². The maximum atomic E-state index is 6.04. The number of para-hydroxylation sites is 1. The van der Waals surface area contributed by atoms with E-state index in [-0.39, 0.29) is 0 Å². The topological polar surface area (TPSA) is 29.0 Å². The average Bonchev–Trinajstić information content (AvgIpc) is 2.38. The van der Waals surface area contributed by atoms with Crippen molar-refractivity contribution in [2.45, 2.75) is 32.2 Å². The lowest BCUT2D eigenvalue weighted by molar-refractivity contribution is 0.482. The van der Waals surface area contributed by atoms with Crippen LogP contribution in [0, 0.1) is 0 Å². The molecule has 0 saturated carbocycles. The van der Waals surface area contributed by atoms with Gasteiger partial charge in [0.05, 0.1) is 5.52 Å². The second kappa shape index (κ2) is 4.73. The number of nitrogens with zero attached hydrogens (tertiary/aromatic N) is 3. The summed E-state index contributed by atoms with van der Waals surface area (Å²) in [7, 11) is 0. The van der Waals surface area contributed by atoms with Crippen molar-refractivity contribution in [3.63, 3.8) is 0 Å². The molecule has 0 N–H and O–H groups in total. The van der Waals surface area contributed by atoms with Crippen LogP contribution in [0.1, 0.15) is 26.2 Å². The molecule has 1 aromatic heterocycles.